The first kappa shape index (κ1) is 18.0. The van der Waals surface area contributed by atoms with E-state index in [1.165, 1.54) is 5.39 Å². The van der Waals surface area contributed by atoms with Gasteiger partial charge in [0.1, 0.15) is 5.75 Å². The van der Waals surface area contributed by atoms with Crippen molar-refractivity contribution >= 4 is 22.4 Å². The van der Waals surface area contributed by atoms with E-state index in [0.717, 1.165) is 16.5 Å². The Labute approximate surface area is 155 Å². The number of methoxy groups -OCH3 is 1. The van der Waals surface area contributed by atoms with Gasteiger partial charge in [-0.05, 0) is 39.4 Å². The Bertz CT molecular complexity index is 938. The Morgan fingerprint density at radius 1 is 0.962 bits per heavy atom. The lowest BCUT2D eigenvalue weighted by Gasteiger charge is -2.21. The summed E-state index contributed by atoms with van der Waals surface area (Å²) in [4.78, 5) is 12.6. The fraction of sp³-hybridized carbons (Fsp3) is 0.261. The van der Waals surface area contributed by atoms with Crippen LogP contribution in [-0.4, -0.2) is 13.0 Å². The van der Waals surface area contributed by atoms with E-state index in [1.54, 1.807) is 7.11 Å². The van der Waals surface area contributed by atoms with Crippen molar-refractivity contribution in [3.63, 3.8) is 0 Å². The molecular weight excluding hydrogens is 322 g/mol. The van der Waals surface area contributed by atoms with E-state index < -0.39 is 0 Å². The van der Waals surface area contributed by atoms with Crippen LogP contribution in [0.3, 0.4) is 0 Å². The number of carbonyl (C=O) groups is 1. The van der Waals surface area contributed by atoms with E-state index in [2.05, 4.69) is 50.4 Å². The maximum Gasteiger partial charge on any atom is 0.228 e. The number of fused-ring (bicyclic) bond motifs is 1. The number of anilines is 1. The van der Waals surface area contributed by atoms with Gasteiger partial charge in [-0.1, -0.05) is 69.3 Å². The van der Waals surface area contributed by atoms with Crippen molar-refractivity contribution in [3.8, 4) is 5.75 Å². The number of carbonyl (C=O) groups excluding carboxylic acids is 1. The van der Waals surface area contributed by atoms with Gasteiger partial charge in [-0.2, -0.15) is 0 Å². The zero-order valence-corrected chi connectivity index (χ0v) is 15.8. The lowest BCUT2D eigenvalue weighted by Crippen LogP contribution is -2.17. The van der Waals surface area contributed by atoms with Gasteiger partial charge in [0.25, 0.3) is 0 Å². The molecule has 0 spiro atoms. The SMILES string of the molecule is COc1ccc(C(C)(C)C)cc1NC(=O)Cc1ccc2ccccc2c1. The minimum absolute atomic E-state index is 0.00406. The lowest BCUT2D eigenvalue weighted by molar-refractivity contribution is -0.115. The van der Waals surface area contributed by atoms with Crippen molar-refractivity contribution in [3.05, 3.63) is 71.8 Å². The Balaban J connectivity index is 1.80. The topological polar surface area (TPSA) is 38.3 Å². The zero-order valence-electron chi connectivity index (χ0n) is 15.8. The summed E-state index contributed by atoms with van der Waals surface area (Å²) in [7, 11) is 1.62. The number of rotatable bonds is 4. The van der Waals surface area contributed by atoms with Gasteiger partial charge >= 0.3 is 0 Å². The largest absolute Gasteiger partial charge is 0.495 e. The maximum absolute atomic E-state index is 12.6. The van der Waals surface area contributed by atoms with Crippen molar-refractivity contribution in [2.75, 3.05) is 12.4 Å². The number of ether oxygens (including phenoxy) is 1. The van der Waals surface area contributed by atoms with Gasteiger partial charge in [0.15, 0.2) is 0 Å². The molecule has 0 aliphatic rings. The number of amides is 1. The van der Waals surface area contributed by atoms with E-state index in [9.17, 15) is 4.79 Å². The Hall–Kier alpha value is -2.81. The second-order valence-electron chi connectivity index (χ2n) is 7.57. The molecule has 0 aliphatic carbocycles. The highest BCUT2D eigenvalue weighted by molar-refractivity contribution is 5.94. The van der Waals surface area contributed by atoms with Crippen LogP contribution in [0.2, 0.25) is 0 Å². The summed E-state index contributed by atoms with van der Waals surface area (Å²) >= 11 is 0. The first-order valence-electron chi connectivity index (χ1n) is 8.83. The number of nitrogens with one attached hydrogen (secondary N) is 1. The molecule has 3 rings (SSSR count). The summed E-state index contributed by atoms with van der Waals surface area (Å²) in [6.07, 6.45) is 0.327. The average Bonchev–Trinajstić information content (AvgIpc) is 2.60. The second kappa shape index (κ2) is 7.20. The highest BCUT2D eigenvalue weighted by Gasteiger charge is 2.17. The highest BCUT2D eigenvalue weighted by atomic mass is 16.5. The first-order valence-corrected chi connectivity index (χ1v) is 8.83. The van der Waals surface area contributed by atoms with Gasteiger partial charge in [-0.15, -0.1) is 0 Å². The van der Waals surface area contributed by atoms with Crippen LogP contribution >= 0.6 is 0 Å². The van der Waals surface area contributed by atoms with Crippen molar-refractivity contribution in [2.45, 2.75) is 32.6 Å². The van der Waals surface area contributed by atoms with Crippen LogP contribution in [0.4, 0.5) is 5.69 Å². The predicted octanol–water partition coefficient (Wildman–Crippen LogP) is 5.33. The minimum Gasteiger partial charge on any atom is -0.495 e. The number of hydrogen-bond donors (Lipinski definition) is 1. The molecule has 0 aliphatic heterocycles. The summed E-state index contributed by atoms with van der Waals surface area (Å²) in [5.74, 6) is 0.620. The summed E-state index contributed by atoms with van der Waals surface area (Å²) in [6.45, 7) is 6.44. The standard InChI is InChI=1S/C23H25NO2/c1-23(2,3)19-11-12-21(26-4)20(15-19)24-22(25)14-16-9-10-17-7-5-6-8-18(17)13-16/h5-13,15H,14H2,1-4H3,(H,24,25). The van der Waals surface area contributed by atoms with Crippen molar-refractivity contribution in [1.29, 1.82) is 0 Å². The van der Waals surface area contributed by atoms with E-state index in [1.807, 2.05) is 36.4 Å². The van der Waals surface area contributed by atoms with Crippen LogP contribution in [0.5, 0.6) is 5.75 Å². The summed E-state index contributed by atoms with van der Waals surface area (Å²) in [5, 5.41) is 5.33. The van der Waals surface area contributed by atoms with Gasteiger partial charge in [0.2, 0.25) is 5.91 Å². The molecule has 0 bridgehead atoms. The zero-order chi connectivity index (χ0) is 18.7. The van der Waals surface area contributed by atoms with Gasteiger partial charge in [0, 0.05) is 0 Å². The smallest absolute Gasteiger partial charge is 0.228 e. The predicted molar refractivity (Wildman–Crippen MR) is 108 cm³/mol. The summed E-state index contributed by atoms with van der Waals surface area (Å²) < 4.78 is 5.41. The van der Waals surface area contributed by atoms with Crippen molar-refractivity contribution in [2.24, 2.45) is 0 Å². The molecule has 3 heteroatoms. The summed E-state index contributed by atoms with van der Waals surface area (Å²) in [5.41, 5.74) is 2.86. The van der Waals surface area contributed by atoms with Crippen LogP contribution in [-0.2, 0) is 16.6 Å². The molecule has 26 heavy (non-hydrogen) atoms. The molecule has 0 radical (unpaired) electrons. The Morgan fingerprint density at radius 3 is 2.38 bits per heavy atom. The Morgan fingerprint density at radius 2 is 1.69 bits per heavy atom. The molecule has 0 saturated heterocycles. The molecule has 0 saturated carbocycles. The highest BCUT2D eigenvalue weighted by Crippen LogP contribution is 2.31. The fourth-order valence-corrected chi connectivity index (χ4v) is 3.00. The molecule has 1 amide bonds. The van der Waals surface area contributed by atoms with E-state index in [-0.39, 0.29) is 11.3 Å². The van der Waals surface area contributed by atoms with Crippen LogP contribution < -0.4 is 10.1 Å². The Kier molecular flexibility index (Phi) is 4.99. The van der Waals surface area contributed by atoms with E-state index in [4.69, 9.17) is 4.74 Å². The molecule has 3 nitrogen and oxygen atoms in total. The fourth-order valence-electron chi connectivity index (χ4n) is 3.00. The number of benzene rings is 3. The summed E-state index contributed by atoms with van der Waals surface area (Å²) in [6, 6.07) is 20.2. The van der Waals surface area contributed by atoms with Gasteiger partial charge in [-0.3, -0.25) is 4.79 Å². The van der Waals surface area contributed by atoms with Crippen LogP contribution in [0.25, 0.3) is 10.8 Å². The third-order valence-corrected chi connectivity index (χ3v) is 4.52. The van der Waals surface area contributed by atoms with Crippen LogP contribution in [0.15, 0.2) is 60.7 Å². The van der Waals surface area contributed by atoms with Gasteiger partial charge < -0.3 is 10.1 Å². The molecule has 0 unspecified atom stereocenters. The van der Waals surface area contributed by atoms with E-state index in [0.29, 0.717) is 17.9 Å². The van der Waals surface area contributed by atoms with Crippen molar-refractivity contribution < 1.29 is 9.53 Å². The molecule has 0 fully saturated rings. The molecule has 1 N–H and O–H groups in total. The van der Waals surface area contributed by atoms with Crippen LogP contribution in [0, 0.1) is 0 Å². The molecule has 0 atom stereocenters. The lowest BCUT2D eigenvalue weighted by atomic mass is 9.87. The minimum atomic E-state index is -0.0513. The monoisotopic (exact) mass is 347 g/mol. The first-order chi connectivity index (χ1) is 12.4. The molecule has 0 heterocycles. The van der Waals surface area contributed by atoms with Gasteiger partial charge in [-0.25, -0.2) is 0 Å². The maximum atomic E-state index is 12.6. The van der Waals surface area contributed by atoms with Gasteiger partial charge in [0.05, 0.1) is 19.2 Å². The number of hydrogen-bond acceptors (Lipinski definition) is 2. The molecule has 134 valence electrons. The quantitative estimate of drug-likeness (QED) is 0.693. The van der Waals surface area contributed by atoms with Crippen LogP contribution in [0.1, 0.15) is 31.9 Å². The van der Waals surface area contributed by atoms with Crippen molar-refractivity contribution in [1.82, 2.24) is 0 Å². The molecule has 0 aromatic heterocycles. The third-order valence-electron chi connectivity index (χ3n) is 4.52. The van der Waals surface area contributed by atoms with E-state index >= 15 is 0 Å². The molecule has 3 aromatic carbocycles. The molecule has 3 aromatic rings. The molecular formula is C23H25NO2. The second-order valence-corrected chi connectivity index (χ2v) is 7.57. The normalized spacial score (nSPS) is 11.4. The average molecular weight is 347 g/mol. The third kappa shape index (κ3) is 4.05.